The van der Waals surface area contributed by atoms with Gasteiger partial charge in [0.25, 0.3) is 5.91 Å². The number of alkyl halides is 3. The Hall–Kier alpha value is -2.90. The maximum Gasteiger partial charge on any atom is 0.408 e. The van der Waals surface area contributed by atoms with Gasteiger partial charge in [-0.15, -0.1) is 0 Å². The Balaban J connectivity index is 2.13. The van der Waals surface area contributed by atoms with Crippen molar-refractivity contribution in [3.63, 3.8) is 0 Å². The van der Waals surface area contributed by atoms with Crippen molar-refractivity contribution < 1.29 is 22.8 Å². The van der Waals surface area contributed by atoms with Crippen LogP contribution in [-0.2, 0) is 11.3 Å². The molecule has 5 nitrogen and oxygen atoms in total. The Morgan fingerprint density at radius 1 is 1.19 bits per heavy atom. The summed E-state index contributed by atoms with van der Waals surface area (Å²) in [5, 5.41) is 4.58. The van der Waals surface area contributed by atoms with Crippen LogP contribution in [0.5, 0.6) is 0 Å². The summed E-state index contributed by atoms with van der Waals surface area (Å²) in [6.45, 7) is 2.65. The van der Waals surface area contributed by atoms with E-state index in [-0.39, 0.29) is 11.5 Å². The lowest BCUT2D eigenvalue weighted by Crippen LogP contribution is -2.43. The largest absolute Gasteiger partial charge is 0.408 e. The molecule has 2 N–H and O–H groups in total. The van der Waals surface area contributed by atoms with Crippen LogP contribution in [0, 0.1) is 0 Å². The van der Waals surface area contributed by atoms with Gasteiger partial charge in [-0.3, -0.25) is 14.6 Å². The molecular weight excluding hydrogens is 347 g/mol. The molecule has 0 bridgehead atoms. The van der Waals surface area contributed by atoms with Crippen molar-refractivity contribution in [3.05, 3.63) is 53.7 Å². The van der Waals surface area contributed by atoms with Gasteiger partial charge < -0.3 is 10.6 Å². The Kier molecular flexibility index (Phi) is 5.97. The molecule has 2 aromatic rings. The highest BCUT2D eigenvalue weighted by atomic mass is 19.4. The predicted molar refractivity (Wildman–Crippen MR) is 90.2 cm³/mol. The van der Waals surface area contributed by atoms with Crippen molar-refractivity contribution in [3.8, 4) is 11.3 Å². The van der Waals surface area contributed by atoms with Gasteiger partial charge in [-0.25, -0.2) is 0 Å². The zero-order valence-electron chi connectivity index (χ0n) is 14.2. The van der Waals surface area contributed by atoms with Gasteiger partial charge in [0.15, 0.2) is 0 Å². The van der Waals surface area contributed by atoms with Gasteiger partial charge in [0.1, 0.15) is 6.04 Å². The third kappa shape index (κ3) is 5.30. The second-order valence-corrected chi connectivity index (χ2v) is 5.78. The number of pyridine rings is 1. The van der Waals surface area contributed by atoms with Gasteiger partial charge in [0.2, 0.25) is 5.91 Å². The lowest BCUT2D eigenvalue weighted by Gasteiger charge is -2.17. The normalized spacial score (nSPS) is 12.3. The van der Waals surface area contributed by atoms with E-state index in [2.05, 4.69) is 10.3 Å². The SMILES string of the molecule is CC(=O)NCc1ccc(-c2cccc(C(=O)N[C@@H](C)C(F)(F)F)c2)nc1. The van der Waals surface area contributed by atoms with Crippen molar-refractivity contribution in [1.82, 2.24) is 15.6 Å². The molecule has 138 valence electrons. The van der Waals surface area contributed by atoms with Gasteiger partial charge in [0, 0.05) is 30.8 Å². The minimum Gasteiger partial charge on any atom is -0.352 e. The van der Waals surface area contributed by atoms with Crippen LogP contribution in [0.1, 0.15) is 29.8 Å². The lowest BCUT2D eigenvalue weighted by atomic mass is 10.1. The summed E-state index contributed by atoms with van der Waals surface area (Å²) < 4.78 is 37.7. The summed E-state index contributed by atoms with van der Waals surface area (Å²) in [7, 11) is 0. The lowest BCUT2D eigenvalue weighted by molar-refractivity contribution is -0.149. The zero-order valence-corrected chi connectivity index (χ0v) is 14.2. The first kappa shape index (κ1) is 19.4. The quantitative estimate of drug-likeness (QED) is 0.856. The minimum atomic E-state index is -4.50. The Morgan fingerprint density at radius 3 is 2.50 bits per heavy atom. The number of aromatic nitrogens is 1. The molecule has 0 aliphatic carbocycles. The molecule has 26 heavy (non-hydrogen) atoms. The van der Waals surface area contributed by atoms with E-state index in [9.17, 15) is 22.8 Å². The molecule has 0 aliphatic rings. The summed E-state index contributed by atoms with van der Waals surface area (Å²) >= 11 is 0. The first-order chi connectivity index (χ1) is 12.2. The van der Waals surface area contributed by atoms with Crippen molar-refractivity contribution in [2.45, 2.75) is 32.6 Å². The summed E-state index contributed by atoms with van der Waals surface area (Å²) in [6.07, 6.45) is -2.91. The number of amides is 2. The molecule has 8 heteroatoms. The van der Waals surface area contributed by atoms with E-state index in [4.69, 9.17) is 0 Å². The number of carbonyl (C=O) groups is 2. The number of nitrogens with one attached hydrogen (secondary N) is 2. The molecule has 0 saturated heterocycles. The number of hydrogen-bond acceptors (Lipinski definition) is 3. The van der Waals surface area contributed by atoms with Crippen LogP contribution in [0.15, 0.2) is 42.6 Å². The molecule has 1 aromatic heterocycles. The summed E-state index contributed by atoms with van der Waals surface area (Å²) in [5.41, 5.74) is 2.08. The van der Waals surface area contributed by atoms with E-state index in [0.717, 1.165) is 12.5 Å². The molecule has 0 aliphatic heterocycles. The highest BCUT2D eigenvalue weighted by Gasteiger charge is 2.37. The van der Waals surface area contributed by atoms with E-state index in [1.54, 1.807) is 30.5 Å². The van der Waals surface area contributed by atoms with Gasteiger partial charge >= 0.3 is 6.18 Å². The van der Waals surface area contributed by atoms with E-state index in [1.807, 2.05) is 5.32 Å². The Bertz CT molecular complexity index is 789. The van der Waals surface area contributed by atoms with Gasteiger partial charge in [-0.1, -0.05) is 18.2 Å². The predicted octanol–water partition coefficient (Wildman–Crippen LogP) is 3.07. The highest BCUT2D eigenvalue weighted by molar-refractivity contribution is 5.95. The van der Waals surface area contributed by atoms with Crippen LogP contribution in [0.3, 0.4) is 0 Å². The number of benzene rings is 1. The zero-order chi connectivity index (χ0) is 19.3. The minimum absolute atomic E-state index is 0.114. The van der Waals surface area contributed by atoms with E-state index in [1.165, 1.54) is 19.1 Å². The molecule has 0 spiro atoms. The number of nitrogens with zero attached hydrogens (tertiary/aromatic N) is 1. The highest BCUT2D eigenvalue weighted by Crippen LogP contribution is 2.21. The summed E-state index contributed by atoms with van der Waals surface area (Å²) in [4.78, 5) is 27.2. The first-order valence-corrected chi connectivity index (χ1v) is 7.84. The number of rotatable bonds is 5. The monoisotopic (exact) mass is 365 g/mol. The number of halogens is 3. The molecule has 0 unspecified atom stereocenters. The van der Waals surface area contributed by atoms with Crippen LogP contribution in [0.2, 0.25) is 0 Å². The van der Waals surface area contributed by atoms with Crippen LogP contribution in [0.4, 0.5) is 13.2 Å². The molecule has 2 amide bonds. The van der Waals surface area contributed by atoms with Gasteiger partial charge in [0.05, 0.1) is 5.69 Å². The van der Waals surface area contributed by atoms with Crippen molar-refractivity contribution in [1.29, 1.82) is 0 Å². The fourth-order valence-corrected chi connectivity index (χ4v) is 2.11. The van der Waals surface area contributed by atoms with Crippen molar-refractivity contribution in [2.24, 2.45) is 0 Å². The van der Waals surface area contributed by atoms with E-state index < -0.39 is 18.1 Å². The topological polar surface area (TPSA) is 71.1 Å². The van der Waals surface area contributed by atoms with E-state index >= 15 is 0 Å². The van der Waals surface area contributed by atoms with Gasteiger partial charge in [-0.2, -0.15) is 13.2 Å². The third-order valence-corrected chi connectivity index (χ3v) is 3.63. The van der Waals surface area contributed by atoms with Crippen molar-refractivity contribution >= 4 is 11.8 Å². The number of carbonyl (C=O) groups excluding carboxylic acids is 2. The second-order valence-electron chi connectivity index (χ2n) is 5.78. The third-order valence-electron chi connectivity index (χ3n) is 3.63. The first-order valence-electron chi connectivity index (χ1n) is 7.84. The molecular formula is C18H18F3N3O2. The molecule has 1 heterocycles. The molecule has 1 atom stereocenters. The summed E-state index contributed by atoms with van der Waals surface area (Å²) in [6, 6.07) is 7.75. The maximum atomic E-state index is 12.6. The molecule has 0 saturated carbocycles. The fraction of sp³-hybridized carbons (Fsp3) is 0.278. The molecule has 0 fully saturated rings. The maximum absolute atomic E-state index is 12.6. The van der Waals surface area contributed by atoms with Crippen LogP contribution in [0.25, 0.3) is 11.3 Å². The van der Waals surface area contributed by atoms with Crippen LogP contribution >= 0.6 is 0 Å². The average Bonchev–Trinajstić information content (AvgIpc) is 2.59. The second kappa shape index (κ2) is 7.99. The van der Waals surface area contributed by atoms with Crippen LogP contribution < -0.4 is 10.6 Å². The summed E-state index contributed by atoms with van der Waals surface area (Å²) in [5.74, 6) is -0.958. The molecule has 0 radical (unpaired) electrons. The van der Waals surface area contributed by atoms with Crippen molar-refractivity contribution in [2.75, 3.05) is 0 Å². The Labute approximate surface area is 148 Å². The molecule has 1 aromatic carbocycles. The molecule has 2 rings (SSSR count). The number of hydrogen-bond donors (Lipinski definition) is 2. The van der Waals surface area contributed by atoms with Crippen LogP contribution in [-0.4, -0.2) is 29.0 Å². The smallest absolute Gasteiger partial charge is 0.352 e. The van der Waals surface area contributed by atoms with E-state index in [0.29, 0.717) is 17.8 Å². The average molecular weight is 365 g/mol. The standard InChI is InChI=1S/C18H18F3N3O2/c1-11(18(19,20)21)24-17(26)15-5-3-4-14(8-15)16-7-6-13(10-23-16)9-22-12(2)25/h3-8,10-11H,9H2,1-2H3,(H,22,25)(H,24,26)/t11-/m0/s1. The fourth-order valence-electron chi connectivity index (χ4n) is 2.11. The van der Waals surface area contributed by atoms with Gasteiger partial charge in [-0.05, 0) is 30.7 Å². The Morgan fingerprint density at radius 2 is 1.92 bits per heavy atom.